The minimum atomic E-state index is -0.631. The number of carbonyl (C=O) groups excluding carboxylic acids is 1. The van der Waals surface area contributed by atoms with Gasteiger partial charge in [0, 0.05) is 22.9 Å². The number of aromatic nitrogens is 5. The molecule has 0 spiro atoms. The van der Waals surface area contributed by atoms with Crippen molar-refractivity contribution in [3.8, 4) is 11.3 Å². The van der Waals surface area contributed by atoms with Crippen LogP contribution in [0, 0.1) is 12.7 Å². The molecule has 0 bridgehead atoms. The van der Waals surface area contributed by atoms with Crippen LogP contribution in [0.25, 0.3) is 11.3 Å². The molecule has 4 rings (SSSR count). The van der Waals surface area contributed by atoms with E-state index in [1.807, 2.05) is 39.8 Å². The molecule has 35 heavy (non-hydrogen) atoms. The summed E-state index contributed by atoms with van der Waals surface area (Å²) in [6.45, 7) is 7.80. The zero-order chi connectivity index (χ0) is 25.2. The molecular formula is C25H24FN7O2. The molecule has 0 radical (unpaired) electrons. The number of hydrogen-bond acceptors (Lipinski definition) is 7. The molecule has 1 amide bonds. The van der Waals surface area contributed by atoms with Crippen LogP contribution < -0.4 is 16.2 Å². The Labute approximate surface area is 200 Å². The number of hydrogen-bond donors (Lipinski definition) is 3. The van der Waals surface area contributed by atoms with E-state index in [1.54, 1.807) is 6.07 Å². The van der Waals surface area contributed by atoms with Gasteiger partial charge in [-0.15, -0.1) is 0 Å². The first-order valence-corrected chi connectivity index (χ1v) is 10.8. The molecule has 0 unspecified atom stereocenters. The van der Waals surface area contributed by atoms with Crippen LogP contribution in [0.15, 0.2) is 59.7 Å². The second-order valence-electron chi connectivity index (χ2n) is 8.97. The topological polar surface area (TPSA) is 126 Å². The maximum Gasteiger partial charge on any atom is 0.287 e. The number of nitrogens with zero attached hydrogens (tertiary/aromatic N) is 4. The van der Waals surface area contributed by atoms with Crippen LogP contribution in [-0.2, 0) is 5.41 Å². The van der Waals surface area contributed by atoms with Crippen molar-refractivity contribution in [1.29, 1.82) is 0 Å². The van der Waals surface area contributed by atoms with Crippen molar-refractivity contribution >= 4 is 23.1 Å². The normalized spacial score (nSPS) is 11.2. The van der Waals surface area contributed by atoms with E-state index in [1.165, 1.54) is 36.7 Å². The van der Waals surface area contributed by atoms with Crippen LogP contribution in [0.4, 0.5) is 21.6 Å². The van der Waals surface area contributed by atoms with Crippen LogP contribution >= 0.6 is 0 Å². The van der Waals surface area contributed by atoms with E-state index in [4.69, 9.17) is 0 Å². The Bertz CT molecular complexity index is 1440. The Morgan fingerprint density at radius 3 is 2.51 bits per heavy atom. The number of H-pyrrole nitrogens is 1. The van der Waals surface area contributed by atoms with Gasteiger partial charge >= 0.3 is 0 Å². The van der Waals surface area contributed by atoms with Crippen molar-refractivity contribution in [1.82, 2.24) is 25.1 Å². The highest BCUT2D eigenvalue weighted by molar-refractivity contribution is 6.03. The Morgan fingerprint density at radius 2 is 1.83 bits per heavy atom. The molecule has 3 N–H and O–H groups in total. The molecule has 10 heteroatoms. The van der Waals surface area contributed by atoms with E-state index < -0.39 is 17.3 Å². The fourth-order valence-electron chi connectivity index (χ4n) is 3.20. The smallest absolute Gasteiger partial charge is 0.287 e. The third-order valence-corrected chi connectivity index (χ3v) is 5.12. The van der Waals surface area contributed by atoms with Gasteiger partial charge in [-0.1, -0.05) is 26.8 Å². The summed E-state index contributed by atoms with van der Waals surface area (Å²) in [5.74, 6) is -0.734. The molecule has 0 aliphatic heterocycles. The second-order valence-corrected chi connectivity index (χ2v) is 8.97. The maximum atomic E-state index is 14.5. The maximum absolute atomic E-state index is 14.5. The molecule has 0 atom stereocenters. The van der Waals surface area contributed by atoms with Gasteiger partial charge in [0.15, 0.2) is 0 Å². The quantitative estimate of drug-likeness (QED) is 0.393. The van der Waals surface area contributed by atoms with E-state index >= 15 is 0 Å². The van der Waals surface area contributed by atoms with Gasteiger partial charge in [-0.2, -0.15) is 5.10 Å². The molecule has 0 fully saturated rings. The predicted octanol–water partition coefficient (Wildman–Crippen LogP) is 4.36. The van der Waals surface area contributed by atoms with Crippen LogP contribution in [-0.4, -0.2) is 31.1 Å². The monoisotopic (exact) mass is 473 g/mol. The number of pyridine rings is 1. The van der Waals surface area contributed by atoms with Crippen molar-refractivity contribution in [2.75, 3.05) is 10.6 Å². The van der Waals surface area contributed by atoms with Crippen molar-refractivity contribution in [2.45, 2.75) is 33.1 Å². The second kappa shape index (κ2) is 9.41. The predicted molar refractivity (Wildman–Crippen MR) is 131 cm³/mol. The molecule has 0 saturated carbocycles. The summed E-state index contributed by atoms with van der Waals surface area (Å²) in [6.07, 6.45) is 2.89. The highest BCUT2D eigenvalue weighted by Crippen LogP contribution is 2.25. The summed E-state index contributed by atoms with van der Waals surface area (Å²) in [6, 6.07) is 11.1. The molecule has 3 heterocycles. The van der Waals surface area contributed by atoms with Crippen molar-refractivity contribution in [3.63, 3.8) is 0 Å². The zero-order valence-corrected chi connectivity index (χ0v) is 19.7. The highest BCUT2D eigenvalue weighted by Gasteiger charge is 2.18. The SMILES string of the molecule is Cc1cccc(Nc2cc(-c3ccc(F)c(NC(=O)c4cnc(C(C)(C)C)cn4)c3)n[nH]c2=O)n1. The van der Waals surface area contributed by atoms with Crippen LogP contribution in [0.5, 0.6) is 0 Å². The molecule has 0 aliphatic carbocycles. The average Bonchev–Trinajstić information content (AvgIpc) is 2.81. The lowest BCUT2D eigenvalue weighted by molar-refractivity contribution is 0.102. The number of amides is 1. The van der Waals surface area contributed by atoms with Crippen LogP contribution in [0.1, 0.15) is 42.6 Å². The number of anilines is 3. The number of carbonyl (C=O) groups is 1. The van der Waals surface area contributed by atoms with E-state index in [2.05, 4.69) is 35.8 Å². The van der Waals surface area contributed by atoms with E-state index in [0.717, 1.165) is 11.4 Å². The zero-order valence-electron chi connectivity index (χ0n) is 19.7. The van der Waals surface area contributed by atoms with Gasteiger partial charge in [0.05, 0.1) is 23.3 Å². The summed E-state index contributed by atoms with van der Waals surface area (Å²) in [7, 11) is 0. The largest absolute Gasteiger partial charge is 0.336 e. The third-order valence-electron chi connectivity index (χ3n) is 5.12. The molecular weight excluding hydrogens is 449 g/mol. The molecule has 4 aromatic rings. The number of aryl methyl sites for hydroxylation is 1. The molecule has 9 nitrogen and oxygen atoms in total. The molecule has 178 valence electrons. The van der Waals surface area contributed by atoms with Gasteiger partial charge in [-0.3, -0.25) is 14.6 Å². The van der Waals surface area contributed by atoms with E-state index in [-0.39, 0.29) is 22.5 Å². The van der Waals surface area contributed by atoms with Gasteiger partial charge in [-0.25, -0.2) is 19.5 Å². The number of benzene rings is 1. The number of halogens is 1. The summed E-state index contributed by atoms with van der Waals surface area (Å²) < 4.78 is 14.5. The Kier molecular flexibility index (Phi) is 6.37. The molecule has 3 aromatic heterocycles. The first kappa shape index (κ1) is 23.7. The number of nitrogens with one attached hydrogen (secondary N) is 3. The average molecular weight is 474 g/mol. The summed E-state index contributed by atoms with van der Waals surface area (Å²) in [4.78, 5) is 37.7. The summed E-state index contributed by atoms with van der Waals surface area (Å²) in [5.41, 5.74) is 1.93. The minimum absolute atomic E-state index is 0.0575. The van der Waals surface area contributed by atoms with Gasteiger partial charge in [0.25, 0.3) is 11.5 Å². The lowest BCUT2D eigenvalue weighted by atomic mass is 9.93. The van der Waals surface area contributed by atoms with Gasteiger partial charge < -0.3 is 10.6 Å². The van der Waals surface area contributed by atoms with Crippen molar-refractivity contribution < 1.29 is 9.18 Å². The Balaban J connectivity index is 1.58. The Hall–Kier alpha value is -4.47. The lowest BCUT2D eigenvalue weighted by Gasteiger charge is -2.16. The van der Waals surface area contributed by atoms with Gasteiger partial charge in [0.1, 0.15) is 23.0 Å². The molecule has 0 aliphatic rings. The first-order chi connectivity index (χ1) is 16.6. The number of rotatable bonds is 5. The number of aromatic amines is 1. The standard InChI is InChI=1S/C25H24FN7O2/c1-14-6-5-7-22(29-14)30-19-11-17(32-33-24(19)35)15-8-9-16(26)18(10-15)31-23(34)20-12-28-21(13-27-20)25(2,3)4/h5-13H,1-4H3,(H,31,34)(H,33,35)(H,29,30,32). The fourth-order valence-corrected chi connectivity index (χ4v) is 3.20. The van der Waals surface area contributed by atoms with Crippen molar-refractivity contribution in [2.24, 2.45) is 0 Å². The highest BCUT2D eigenvalue weighted by atomic mass is 19.1. The molecule has 0 saturated heterocycles. The van der Waals surface area contributed by atoms with E-state index in [9.17, 15) is 14.0 Å². The van der Waals surface area contributed by atoms with Crippen LogP contribution in [0.2, 0.25) is 0 Å². The minimum Gasteiger partial charge on any atom is -0.336 e. The van der Waals surface area contributed by atoms with E-state index in [0.29, 0.717) is 17.1 Å². The molecule has 1 aromatic carbocycles. The van der Waals surface area contributed by atoms with Crippen molar-refractivity contribution in [3.05, 3.63) is 88.1 Å². The first-order valence-electron chi connectivity index (χ1n) is 10.8. The summed E-state index contributed by atoms with van der Waals surface area (Å²) >= 11 is 0. The Morgan fingerprint density at radius 1 is 1.03 bits per heavy atom. The summed E-state index contributed by atoms with van der Waals surface area (Å²) in [5, 5.41) is 12.0. The van der Waals surface area contributed by atoms with Gasteiger partial charge in [0.2, 0.25) is 0 Å². The lowest BCUT2D eigenvalue weighted by Crippen LogP contribution is -2.18. The fraction of sp³-hybridized carbons (Fsp3) is 0.200. The van der Waals surface area contributed by atoms with Crippen LogP contribution in [0.3, 0.4) is 0 Å². The van der Waals surface area contributed by atoms with Gasteiger partial charge in [-0.05, 0) is 43.3 Å². The third kappa shape index (κ3) is 5.55.